The monoisotopic (exact) mass is 463 g/mol. The summed E-state index contributed by atoms with van der Waals surface area (Å²) in [4.78, 5) is 15.7. The van der Waals surface area contributed by atoms with Crippen LogP contribution in [0.25, 0.3) is 0 Å². The zero-order valence-corrected chi connectivity index (χ0v) is 20.3. The predicted molar refractivity (Wildman–Crippen MR) is 130 cm³/mol. The highest BCUT2D eigenvalue weighted by Crippen LogP contribution is 2.35. The average Bonchev–Trinajstić information content (AvgIpc) is 3.49. The quantitative estimate of drug-likeness (QED) is 0.675. The summed E-state index contributed by atoms with van der Waals surface area (Å²) in [6.45, 7) is 7.41. The Kier molecular flexibility index (Phi) is 6.42. The molecule has 1 spiro atoms. The molecule has 7 heteroatoms. The second-order valence-electron chi connectivity index (χ2n) is 9.48. The molecule has 2 fully saturated rings. The Morgan fingerprint density at radius 1 is 1.09 bits per heavy atom. The van der Waals surface area contributed by atoms with E-state index >= 15 is 0 Å². The Morgan fingerprint density at radius 2 is 1.79 bits per heavy atom. The van der Waals surface area contributed by atoms with E-state index in [4.69, 9.17) is 19.3 Å². The summed E-state index contributed by atoms with van der Waals surface area (Å²) in [6, 6.07) is 14.2. The highest BCUT2D eigenvalue weighted by atomic mass is 16.7. The molecule has 2 aromatic rings. The fourth-order valence-corrected chi connectivity index (χ4v) is 5.23. The SMILES string of the molecule is COc1ccc([C@H]2CC(c3ccc(C)cc3C)=NN2C(=O)CN2CCC3(CC2)OCCO3)cc1. The number of aryl methyl sites for hydroxylation is 2. The molecule has 3 aliphatic rings. The van der Waals surface area contributed by atoms with Gasteiger partial charge in [-0.05, 0) is 37.1 Å². The molecule has 7 nitrogen and oxygen atoms in total. The van der Waals surface area contributed by atoms with E-state index in [2.05, 4.69) is 36.9 Å². The zero-order chi connectivity index (χ0) is 23.7. The van der Waals surface area contributed by atoms with Crippen LogP contribution in [0.1, 0.15) is 47.6 Å². The van der Waals surface area contributed by atoms with Crippen LogP contribution in [0.2, 0.25) is 0 Å². The van der Waals surface area contributed by atoms with Crippen LogP contribution in [0.5, 0.6) is 5.75 Å². The van der Waals surface area contributed by atoms with Crippen molar-refractivity contribution < 1.29 is 19.0 Å². The first-order chi connectivity index (χ1) is 16.5. The highest BCUT2D eigenvalue weighted by Gasteiger charge is 2.41. The van der Waals surface area contributed by atoms with Gasteiger partial charge in [0.15, 0.2) is 5.79 Å². The summed E-state index contributed by atoms with van der Waals surface area (Å²) in [6.07, 6.45) is 2.27. The van der Waals surface area contributed by atoms with Crippen LogP contribution in [-0.4, -0.2) is 67.3 Å². The van der Waals surface area contributed by atoms with Gasteiger partial charge in [-0.3, -0.25) is 9.69 Å². The molecule has 2 saturated heterocycles. The third-order valence-corrected chi connectivity index (χ3v) is 7.15. The molecule has 1 amide bonds. The standard InChI is InChI=1S/C27H33N3O4/c1-19-4-9-23(20(2)16-19)24-17-25(21-5-7-22(32-3)8-6-21)30(28-24)26(31)18-29-12-10-27(11-13-29)33-14-15-34-27/h4-9,16,25H,10-15,17-18H2,1-3H3/t25-/m1/s1. The Labute approximate surface area is 201 Å². The van der Waals surface area contributed by atoms with Crippen LogP contribution in [0.4, 0.5) is 0 Å². The molecule has 180 valence electrons. The third kappa shape index (κ3) is 4.60. The summed E-state index contributed by atoms with van der Waals surface area (Å²) in [5, 5.41) is 6.58. The topological polar surface area (TPSA) is 63.6 Å². The number of hydrazone groups is 1. The van der Waals surface area contributed by atoms with Crippen molar-refractivity contribution in [1.82, 2.24) is 9.91 Å². The molecule has 0 radical (unpaired) electrons. The molecule has 2 aromatic carbocycles. The molecule has 1 atom stereocenters. The first-order valence-corrected chi connectivity index (χ1v) is 12.1. The van der Waals surface area contributed by atoms with Crippen molar-refractivity contribution in [2.75, 3.05) is 40.0 Å². The molecule has 0 saturated carbocycles. The number of carbonyl (C=O) groups excluding carboxylic acids is 1. The number of methoxy groups -OCH3 is 1. The van der Waals surface area contributed by atoms with Gasteiger partial charge < -0.3 is 14.2 Å². The van der Waals surface area contributed by atoms with Crippen molar-refractivity contribution in [2.45, 2.75) is 44.9 Å². The van der Waals surface area contributed by atoms with E-state index in [1.54, 1.807) is 12.1 Å². The maximum absolute atomic E-state index is 13.5. The summed E-state index contributed by atoms with van der Waals surface area (Å²) >= 11 is 0. The summed E-state index contributed by atoms with van der Waals surface area (Å²) in [7, 11) is 1.66. The second kappa shape index (κ2) is 9.49. The van der Waals surface area contributed by atoms with E-state index in [0.29, 0.717) is 26.2 Å². The number of ether oxygens (including phenoxy) is 3. The molecule has 3 heterocycles. The molecular formula is C27H33N3O4. The Morgan fingerprint density at radius 3 is 2.44 bits per heavy atom. The number of benzene rings is 2. The lowest BCUT2D eigenvalue weighted by atomic mass is 9.95. The van der Waals surface area contributed by atoms with Crippen molar-refractivity contribution in [3.8, 4) is 5.75 Å². The molecule has 3 aliphatic heterocycles. The van der Waals surface area contributed by atoms with E-state index in [1.807, 2.05) is 24.3 Å². The van der Waals surface area contributed by atoms with Crippen molar-refractivity contribution in [3.63, 3.8) is 0 Å². The minimum absolute atomic E-state index is 0.0183. The fourth-order valence-electron chi connectivity index (χ4n) is 5.23. The van der Waals surface area contributed by atoms with Crippen molar-refractivity contribution in [3.05, 3.63) is 64.7 Å². The number of nitrogens with zero attached hydrogens (tertiary/aromatic N) is 3. The van der Waals surface area contributed by atoms with Gasteiger partial charge in [-0.15, -0.1) is 0 Å². The average molecular weight is 464 g/mol. The minimum atomic E-state index is -0.437. The van der Waals surface area contributed by atoms with Crippen LogP contribution in [-0.2, 0) is 14.3 Å². The van der Waals surface area contributed by atoms with Crippen LogP contribution in [0.3, 0.4) is 0 Å². The van der Waals surface area contributed by atoms with Gasteiger partial charge in [0.2, 0.25) is 0 Å². The van der Waals surface area contributed by atoms with Crippen molar-refractivity contribution in [2.24, 2.45) is 5.10 Å². The first kappa shape index (κ1) is 23.0. The maximum atomic E-state index is 13.5. The van der Waals surface area contributed by atoms with Gasteiger partial charge in [0.1, 0.15) is 5.75 Å². The predicted octanol–water partition coefficient (Wildman–Crippen LogP) is 3.83. The number of carbonyl (C=O) groups is 1. The van der Waals surface area contributed by atoms with Crippen LogP contribution in [0.15, 0.2) is 47.6 Å². The van der Waals surface area contributed by atoms with Gasteiger partial charge >= 0.3 is 0 Å². The van der Waals surface area contributed by atoms with E-state index < -0.39 is 5.79 Å². The lowest BCUT2D eigenvalue weighted by Crippen LogP contribution is -2.48. The smallest absolute Gasteiger partial charge is 0.257 e. The summed E-state index contributed by atoms with van der Waals surface area (Å²) in [5.41, 5.74) is 5.52. The van der Waals surface area contributed by atoms with Gasteiger partial charge in [-0.25, -0.2) is 5.01 Å². The maximum Gasteiger partial charge on any atom is 0.257 e. The number of amides is 1. The summed E-state index contributed by atoms with van der Waals surface area (Å²) < 4.78 is 17.0. The lowest BCUT2D eigenvalue weighted by molar-refractivity contribution is -0.186. The molecular weight excluding hydrogens is 430 g/mol. The molecule has 0 bridgehead atoms. The van der Waals surface area contributed by atoms with Crippen molar-refractivity contribution >= 4 is 11.6 Å². The van der Waals surface area contributed by atoms with Crippen molar-refractivity contribution in [1.29, 1.82) is 0 Å². The van der Waals surface area contributed by atoms with E-state index in [0.717, 1.165) is 48.5 Å². The normalized spacial score (nSPS) is 22.3. The Balaban J connectivity index is 1.36. The number of likely N-dealkylation sites (tertiary alicyclic amines) is 1. The van der Waals surface area contributed by atoms with Gasteiger partial charge in [-0.1, -0.05) is 35.9 Å². The molecule has 0 N–H and O–H groups in total. The Bertz CT molecular complexity index is 1070. The molecule has 34 heavy (non-hydrogen) atoms. The highest BCUT2D eigenvalue weighted by molar-refractivity contribution is 6.04. The number of hydrogen-bond donors (Lipinski definition) is 0. The van der Waals surface area contributed by atoms with E-state index in [9.17, 15) is 4.79 Å². The van der Waals surface area contributed by atoms with Crippen LogP contribution >= 0.6 is 0 Å². The molecule has 0 aromatic heterocycles. The van der Waals surface area contributed by atoms with Crippen LogP contribution in [0, 0.1) is 13.8 Å². The third-order valence-electron chi connectivity index (χ3n) is 7.15. The number of hydrogen-bond acceptors (Lipinski definition) is 6. The lowest BCUT2D eigenvalue weighted by Gasteiger charge is -2.37. The second-order valence-corrected chi connectivity index (χ2v) is 9.48. The Hall–Kier alpha value is -2.74. The van der Waals surface area contributed by atoms with Crippen LogP contribution < -0.4 is 4.74 Å². The van der Waals surface area contributed by atoms with Gasteiger partial charge in [-0.2, -0.15) is 5.10 Å². The largest absolute Gasteiger partial charge is 0.497 e. The minimum Gasteiger partial charge on any atom is -0.497 e. The van der Waals surface area contributed by atoms with Gasteiger partial charge in [0, 0.05) is 37.9 Å². The van der Waals surface area contributed by atoms with E-state index in [1.165, 1.54) is 11.1 Å². The fraction of sp³-hybridized carbons (Fsp3) is 0.481. The molecule has 0 unspecified atom stereocenters. The van der Waals surface area contributed by atoms with E-state index in [-0.39, 0.29) is 11.9 Å². The van der Waals surface area contributed by atoms with Gasteiger partial charge in [0.05, 0.1) is 38.6 Å². The first-order valence-electron chi connectivity index (χ1n) is 12.1. The number of rotatable bonds is 5. The summed E-state index contributed by atoms with van der Waals surface area (Å²) in [5.74, 6) is 0.381. The van der Waals surface area contributed by atoms with Gasteiger partial charge in [0.25, 0.3) is 5.91 Å². The molecule has 5 rings (SSSR count). The number of piperidine rings is 1. The zero-order valence-electron chi connectivity index (χ0n) is 20.3. The molecule has 0 aliphatic carbocycles.